The predicted octanol–water partition coefficient (Wildman–Crippen LogP) is 3.21. The van der Waals surface area contributed by atoms with Crippen molar-refractivity contribution in [1.29, 1.82) is 0 Å². The first-order valence-electron chi connectivity index (χ1n) is 6.05. The fourth-order valence-electron chi connectivity index (χ4n) is 2.32. The summed E-state index contributed by atoms with van der Waals surface area (Å²) >= 11 is 4.28. The third-order valence-electron chi connectivity index (χ3n) is 3.54. The first-order valence-corrected chi connectivity index (χ1v) is 6.68. The molecule has 1 aliphatic rings. The van der Waals surface area contributed by atoms with E-state index in [0.717, 1.165) is 17.7 Å². The summed E-state index contributed by atoms with van der Waals surface area (Å²) in [6, 6.07) is 0.887. The van der Waals surface area contributed by atoms with E-state index in [1.54, 1.807) is 0 Å². The average Bonchev–Trinajstić information content (AvgIpc) is 2.67. The third kappa shape index (κ3) is 4.22. The van der Waals surface area contributed by atoms with Crippen LogP contribution in [0.4, 0.5) is 0 Å². The lowest BCUT2D eigenvalue weighted by atomic mass is 10.0. The van der Waals surface area contributed by atoms with Crippen LogP contribution >= 0.6 is 12.6 Å². The Bertz CT molecular complexity index is 143. The van der Waals surface area contributed by atoms with E-state index in [4.69, 9.17) is 0 Å². The molecule has 0 radical (unpaired) electrons. The quantitative estimate of drug-likeness (QED) is 0.666. The molecule has 14 heavy (non-hydrogen) atoms. The molecule has 0 bridgehead atoms. The van der Waals surface area contributed by atoms with Gasteiger partial charge in [-0.15, -0.1) is 0 Å². The summed E-state index contributed by atoms with van der Waals surface area (Å²) in [7, 11) is 2.30. The van der Waals surface area contributed by atoms with Crippen LogP contribution < -0.4 is 0 Å². The summed E-state index contributed by atoms with van der Waals surface area (Å²) in [5.41, 5.74) is 0. The molecule has 0 saturated heterocycles. The molecular weight excluding hydrogens is 190 g/mol. The van der Waals surface area contributed by atoms with Gasteiger partial charge in [0, 0.05) is 6.04 Å². The number of rotatable bonds is 6. The normalized spacial score (nSPS) is 20.6. The second-order valence-electron chi connectivity index (χ2n) is 4.83. The number of hydrogen-bond donors (Lipinski definition) is 1. The maximum atomic E-state index is 4.28. The van der Waals surface area contributed by atoms with Crippen LogP contribution in [-0.2, 0) is 0 Å². The van der Waals surface area contributed by atoms with Crippen LogP contribution in [-0.4, -0.2) is 30.3 Å². The highest BCUT2D eigenvalue weighted by molar-refractivity contribution is 7.80. The van der Waals surface area contributed by atoms with Crippen molar-refractivity contribution in [3.8, 4) is 0 Å². The van der Waals surface area contributed by atoms with Crippen molar-refractivity contribution in [1.82, 2.24) is 4.90 Å². The Morgan fingerprint density at radius 2 is 1.93 bits per heavy atom. The largest absolute Gasteiger partial charge is 0.303 e. The Hall–Kier alpha value is 0.310. The summed E-state index contributed by atoms with van der Waals surface area (Å²) in [4.78, 5) is 2.57. The molecule has 1 fully saturated rings. The van der Waals surface area contributed by atoms with Crippen molar-refractivity contribution in [3.05, 3.63) is 0 Å². The first-order chi connectivity index (χ1) is 6.74. The molecule has 0 aliphatic heterocycles. The first kappa shape index (κ1) is 12.4. The summed E-state index contributed by atoms with van der Waals surface area (Å²) in [6.07, 6.45) is 8.35. The van der Waals surface area contributed by atoms with Gasteiger partial charge < -0.3 is 4.90 Å². The number of thiol groups is 1. The van der Waals surface area contributed by atoms with E-state index in [9.17, 15) is 0 Å². The number of nitrogens with zero attached hydrogens (tertiary/aromatic N) is 1. The zero-order valence-corrected chi connectivity index (χ0v) is 10.6. The molecule has 0 spiro atoms. The lowest BCUT2D eigenvalue weighted by Crippen LogP contribution is -2.30. The molecule has 84 valence electrons. The minimum Gasteiger partial charge on any atom is -0.303 e. The molecule has 0 heterocycles. The highest BCUT2D eigenvalue weighted by Gasteiger charge is 2.19. The Morgan fingerprint density at radius 3 is 2.50 bits per heavy atom. The van der Waals surface area contributed by atoms with E-state index < -0.39 is 0 Å². The van der Waals surface area contributed by atoms with Crippen LogP contribution in [0.25, 0.3) is 0 Å². The summed E-state index contributed by atoms with van der Waals surface area (Å²) in [5, 5.41) is 0. The van der Waals surface area contributed by atoms with Gasteiger partial charge in [0.15, 0.2) is 0 Å². The lowest BCUT2D eigenvalue weighted by Gasteiger charge is -2.25. The van der Waals surface area contributed by atoms with Gasteiger partial charge in [0.05, 0.1) is 0 Å². The summed E-state index contributed by atoms with van der Waals surface area (Å²) < 4.78 is 0. The molecule has 1 aliphatic carbocycles. The van der Waals surface area contributed by atoms with Gasteiger partial charge in [-0.3, -0.25) is 0 Å². The molecule has 0 aromatic heterocycles. The van der Waals surface area contributed by atoms with E-state index >= 15 is 0 Å². The fourth-order valence-corrected chi connectivity index (χ4v) is 2.76. The standard InChI is InChI=1S/C12H25NS/c1-11(8-10-14)7-9-13(2)12-5-3-4-6-12/h11-12,14H,3-10H2,1-2H3. The van der Waals surface area contributed by atoms with Crippen molar-refractivity contribution < 1.29 is 0 Å². The van der Waals surface area contributed by atoms with E-state index in [1.807, 2.05) is 0 Å². The van der Waals surface area contributed by atoms with E-state index in [1.165, 1.54) is 45.1 Å². The zero-order valence-electron chi connectivity index (χ0n) is 9.71. The van der Waals surface area contributed by atoms with Crippen molar-refractivity contribution in [3.63, 3.8) is 0 Å². The van der Waals surface area contributed by atoms with Crippen molar-refractivity contribution in [2.24, 2.45) is 5.92 Å². The van der Waals surface area contributed by atoms with Crippen LogP contribution in [0.3, 0.4) is 0 Å². The van der Waals surface area contributed by atoms with E-state index in [0.29, 0.717) is 0 Å². The van der Waals surface area contributed by atoms with Crippen LogP contribution in [0.15, 0.2) is 0 Å². The zero-order chi connectivity index (χ0) is 10.4. The highest BCUT2D eigenvalue weighted by Crippen LogP contribution is 2.23. The Kier molecular flexibility index (Phi) is 5.95. The molecule has 2 heteroatoms. The van der Waals surface area contributed by atoms with Gasteiger partial charge >= 0.3 is 0 Å². The topological polar surface area (TPSA) is 3.24 Å². The molecule has 1 unspecified atom stereocenters. The second kappa shape index (κ2) is 6.73. The van der Waals surface area contributed by atoms with E-state index in [-0.39, 0.29) is 0 Å². The Labute approximate surface area is 94.7 Å². The van der Waals surface area contributed by atoms with Gasteiger partial charge in [0.1, 0.15) is 0 Å². The molecule has 1 rings (SSSR count). The number of hydrogen-bond acceptors (Lipinski definition) is 2. The summed E-state index contributed by atoms with van der Waals surface area (Å²) in [5.74, 6) is 1.88. The Balaban J connectivity index is 2.10. The van der Waals surface area contributed by atoms with Gasteiger partial charge in [0.25, 0.3) is 0 Å². The van der Waals surface area contributed by atoms with Crippen LogP contribution in [0.2, 0.25) is 0 Å². The highest BCUT2D eigenvalue weighted by atomic mass is 32.1. The van der Waals surface area contributed by atoms with Gasteiger partial charge in [-0.2, -0.15) is 12.6 Å². The van der Waals surface area contributed by atoms with Gasteiger partial charge in [0.2, 0.25) is 0 Å². The molecule has 1 nitrogen and oxygen atoms in total. The molecule has 0 amide bonds. The van der Waals surface area contributed by atoms with Crippen LogP contribution in [0, 0.1) is 5.92 Å². The Morgan fingerprint density at radius 1 is 1.29 bits per heavy atom. The monoisotopic (exact) mass is 215 g/mol. The van der Waals surface area contributed by atoms with Gasteiger partial charge in [-0.25, -0.2) is 0 Å². The molecule has 0 aromatic rings. The minimum absolute atomic E-state index is 0.844. The summed E-state index contributed by atoms with van der Waals surface area (Å²) in [6.45, 7) is 3.62. The lowest BCUT2D eigenvalue weighted by molar-refractivity contribution is 0.229. The molecule has 1 atom stereocenters. The van der Waals surface area contributed by atoms with Crippen molar-refractivity contribution in [2.75, 3.05) is 19.3 Å². The van der Waals surface area contributed by atoms with Gasteiger partial charge in [-0.05, 0) is 50.9 Å². The molecule has 0 N–H and O–H groups in total. The van der Waals surface area contributed by atoms with Crippen molar-refractivity contribution >= 4 is 12.6 Å². The molecular formula is C12H25NS. The minimum atomic E-state index is 0.844. The van der Waals surface area contributed by atoms with Crippen LogP contribution in [0.1, 0.15) is 45.4 Å². The maximum Gasteiger partial charge on any atom is 0.00922 e. The third-order valence-corrected chi connectivity index (χ3v) is 3.80. The van der Waals surface area contributed by atoms with Gasteiger partial charge in [-0.1, -0.05) is 19.8 Å². The predicted molar refractivity (Wildman–Crippen MR) is 67.1 cm³/mol. The van der Waals surface area contributed by atoms with Crippen molar-refractivity contribution in [2.45, 2.75) is 51.5 Å². The second-order valence-corrected chi connectivity index (χ2v) is 5.27. The maximum absolute atomic E-state index is 4.28. The van der Waals surface area contributed by atoms with E-state index in [2.05, 4.69) is 31.5 Å². The average molecular weight is 215 g/mol. The smallest absolute Gasteiger partial charge is 0.00922 e. The fraction of sp³-hybridized carbons (Fsp3) is 1.00. The van der Waals surface area contributed by atoms with Crippen LogP contribution in [0.5, 0.6) is 0 Å². The SMILES string of the molecule is CC(CCS)CCN(C)C1CCCC1. The molecule has 0 aromatic carbocycles. The molecule has 1 saturated carbocycles.